The highest BCUT2D eigenvalue weighted by Gasteiger charge is 2.29. The summed E-state index contributed by atoms with van der Waals surface area (Å²) in [6.45, 7) is 2.51. The number of carbonyl (C=O) groups excluding carboxylic acids is 2. The molecule has 36 heavy (non-hydrogen) atoms. The van der Waals surface area contributed by atoms with Crippen LogP contribution in [-0.2, 0) is 17.8 Å². The lowest BCUT2D eigenvalue weighted by Crippen LogP contribution is -2.42. The molecule has 0 bridgehead atoms. The number of nitrogens with one attached hydrogen (secondary N) is 2. The molecule has 2 aromatic carbocycles. The fourth-order valence-corrected chi connectivity index (χ4v) is 4.05. The fraction of sp³-hybridized carbons (Fsp3) is 0.148. The van der Waals surface area contributed by atoms with E-state index < -0.39 is 6.04 Å². The van der Waals surface area contributed by atoms with E-state index in [9.17, 15) is 9.59 Å². The van der Waals surface area contributed by atoms with E-state index in [-0.39, 0.29) is 24.1 Å². The maximum atomic E-state index is 12.7. The van der Waals surface area contributed by atoms with Gasteiger partial charge in [-0.3, -0.25) is 9.59 Å². The number of fused-ring (bicyclic) bond motifs is 1. The summed E-state index contributed by atoms with van der Waals surface area (Å²) >= 11 is 0. The summed E-state index contributed by atoms with van der Waals surface area (Å²) < 4.78 is 7.42. The first-order valence-electron chi connectivity index (χ1n) is 11.3. The molecule has 2 amide bonds. The summed E-state index contributed by atoms with van der Waals surface area (Å²) in [4.78, 5) is 34.1. The van der Waals surface area contributed by atoms with E-state index in [0.29, 0.717) is 23.6 Å². The summed E-state index contributed by atoms with van der Waals surface area (Å²) in [5.41, 5.74) is 4.48. The molecule has 0 saturated carbocycles. The molecule has 0 fully saturated rings. The normalized spacial score (nSPS) is 15.2. The highest BCUT2D eigenvalue weighted by Crippen LogP contribution is 2.22. The number of para-hydroxylation sites is 1. The number of amides is 2. The summed E-state index contributed by atoms with van der Waals surface area (Å²) in [7, 11) is 0. The highest BCUT2D eigenvalue weighted by atomic mass is 16.5. The van der Waals surface area contributed by atoms with Crippen LogP contribution in [0.2, 0.25) is 0 Å². The first kappa shape index (κ1) is 22.8. The lowest BCUT2D eigenvalue weighted by atomic mass is 10.1. The molecule has 0 radical (unpaired) electrons. The number of nitrogens with zero attached hydrogens (tertiary/aromatic N) is 4. The molecule has 0 spiro atoms. The van der Waals surface area contributed by atoms with Crippen molar-refractivity contribution in [3.8, 4) is 23.7 Å². The van der Waals surface area contributed by atoms with Crippen LogP contribution in [0, 0.1) is 19.3 Å². The number of allylic oxidation sites excluding steroid dienone is 1. The number of imidazole rings is 1. The average molecular weight is 479 g/mol. The molecular formula is C27H22N6O3. The number of rotatable bonds is 6. The Morgan fingerprint density at radius 3 is 2.92 bits per heavy atom. The summed E-state index contributed by atoms with van der Waals surface area (Å²) in [6.07, 6.45) is 10.7. The van der Waals surface area contributed by atoms with Gasteiger partial charge in [-0.25, -0.2) is 4.98 Å². The Hall–Kier alpha value is -4.97. The lowest BCUT2D eigenvalue weighted by molar-refractivity contribution is -0.118. The lowest BCUT2D eigenvalue weighted by Gasteiger charge is -2.11. The number of aryl methyl sites for hydroxylation is 1. The monoisotopic (exact) mass is 478 g/mol. The zero-order chi connectivity index (χ0) is 25.1. The van der Waals surface area contributed by atoms with Gasteiger partial charge in [0.1, 0.15) is 6.04 Å². The Labute approximate surface area is 207 Å². The van der Waals surface area contributed by atoms with E-state index in [2.05, 4.69) is 31.7 Å². The zero-order valence-corrected chi connectivity index (χ0v) is 19.4. The Kier molecular flexibility index (Phi) is 6.16. The van der Waals surface area contributed by atoms with E-state index >= 15 is 0 Å². The number of hydrogen-bond acceptors (Lipinski definition) is 6. The number of anilines is 1. The van der Waals surface area contributed by atoms with Crippen molar-refractivity contribution in [1.29, 1.82) is 0 Å². The Bertz CT molecular complexity index is 1520. The standard InChI is InChI=1S/C27H22N6O3/c1-3-4-12-23-17(2)28-16-33(23)15-18-8-7-9-19(13-18)25-31-24(36-32-25)14-22-27(35)29-21-11-6-5-10-20(21)26(34)30-22/h1,4-13,16,22H,14-15H2,2H3,(H,29,35)(H,30,34)/b12-4-/t22-/m0/s1. The molecule has 1 aliphatic heterocycles. The van der Waals surface area contributed by atoms with Crippen molar-refractivity contribution in [3.63, 3.8) is 0 Å². The maximum Gasteiger partial charge on any atom is 0.254 e. The minimum atomic E-state index is -0.844. The third-order valence-electron chi connectivity index (χ3n) is 5.84. The first-order valence-corrected chi connectivity index (χ1v) is 11.3. The van der Waals surface area contributed by atoms with E-state index in [1.54, 1.807) is 36.7 Å². The van der Waals surface area contributed by atoms with Crippen LogP contribution in [0.1, 0.15) is 33.2 Å². The second-order valence-corrected chi connectivity index (χ2v) is 8.32. The van der Waals surface area contributed by atoms with Gasteiger partial charge in [-0.2, -0.15) is 4.98 Å². The Morgan fingerprint density at radius 2 is 2.06 bits per heavy atom. The van der Waals surface area contributed by atoms with Crippen molar-refractivity contribution in [2.24, 2.45) is 0 Å². The molecule has 9 nitrogen and oxygen atoms in total. The number of carbonyl (C=O) groups is 2. The molecule has 2 N–H and O–H groups in total. The van der Waals surface area contributed by atoms with Gasteiger partial charge in [0.15, 0.2) is 0 Å². The van der Waals surface area contributed by atoms with Gasteiger partial charge < -0.3 is 19.7 Å². The largest absolute Gasteiger partial charge is 0.340 e. The molecule has 0 aliphatic carbocycles. The van der Waals surface area contributed by atoms with Crippen LogP contribution in [0.5, 0.6) is 0 Å². The molecule has 0 saturated heterocycles. The predicted octanol–water partition coefficient (Wildman–Crippen LogP) is 3.23. The number of aromatic nitrogens is 4. The Morgan fingerprint density at radius 1 is 1.19 bits per heavy atom. The summed E-state index contributed by atoms with van der Waals surface area (Å²) in [5.74, 6) is 2.45. The van der Waals surface area contributed by atoms with Crippen LogP contribution in [0.4, 0.5) is 5.69 Å². The molecule has 1 atom stereocenters. The summed E-state index contributed by atoms with van der Waals surface area (Å²) in [6, 6.07) is 13.8. The highest BCUT2D eigenvalue weighted by molar-refractivity contribution is 6.09. The maximum absolute atomic E-state index is 12.7. The van der Waals surface area contributed by atoms with Crippen molar-refractivity contribution < 1.29 is 14.1 Å². The number of terminal acetylenes is 1. The predicted molar refractivity (Wildman–Crippen MR) is 134 cm³/mol. The van der Waals surface area contributed by atoms with Gasteiger partial charge in [-0.05, 0) is 42.8 Å². The number of hydrogen-bond donors (Lipinski definition) is 2. The van der Waals surface area contributed by atoms with E-state index in [0.717, 1.165) is 22.5 Å². The van der Waals surface area contributed by atoms with Gasteiger partial charge in [0.05, 0.1) is 35.4 Å². The first-order chi connectivity index (χ1) is 17.5. The smallest absolute Gasteiger partial charge is 0.254 e. The molecular weight excluding hydrogens is 456 g/mol. The van der Waals surface area contributed by atoms with Gasteiger partial charge >= 0.3 is 0 Å². The molecule has 4 aromatic rings. The minimum Gasteiger partial charge on any atom is -0.340 e. The van der Waals surface area contributed by atoms with Crippen LogP contribution in [0.3, 0.4) is 0 Å². The SMILES string of the molecule is C#C/C=C\c1c(C)ncn1Cc1cccc(-c2noc(C[C@@H]3NC(=O)c4ccccc4NC3=O)n2)c1. The zero-order valence-electron chi connectivity index (χ0n) is 19.4. The van der Waals surface area contributed by atoms with Crippen LogP contribution < -0.4 is 10.6 Å². The summed E-state index contributed by atoms with van der Waals surface area (Å²) in [5, 5.41) is 9.60. The molecule has 0 unspecified atom stereocenters. The molecule has 1 aliphatic rings. The van der Waals surface area contributed by atoms with Crippen LogP contribution in [0.25, 0.3) is 17.5 Å². The molecule has 178 valence electrons. The molecule has 2 aromatic heterocycles. The van der Waals surface area contributed by atoms with E-state index in [1.165, 1.54) is 0 Å². The molecule has 9 heteroatoms. The average Bonchev–Trinajstić information content (AvgIpc) is 3.46. The van der Waals surface area contributed by atoms with Gasteiger partial charge in [0.25, 0.3) is 5.91 Å². The van der Waals surface area contributed by atoms with E-state index in [1.807, 2.05) is 41.8 Å². The second-order valence-electron chi connectivity index (χ2n) is 8.32. The van der Waals surface area contributed by atoms with Crippen molar-refractivity contribution in [3.05, 3.63) is 89.3 Å². The minimum absolute atomic E-state index is 0.0669. The van der Waals surface area contributed by atoms with Crippen LogP contribution in [0.15, 0.2) is 65.5 Å². The second kappa shape index (κ2) is 9.72. The van der Waals surface area contributed by atoms with Gasteiger partial charge in [0, 0.05) is 12.1 Å². The van der Waals surface area contributed by atoms with Crippen molar-refractivity contribution in [1.82, 2.24) is 25.0 Å². The van der Waals surface area contributed by atoms with Gasteiger partial charge in [-0.1, -0.05) is 41.4 Å². The quantitative estimate of drug-likeness (QED) is 0.411. The third kappa shape index (κ3) is 4.65. The van der Waals surface area contributed by atoms with Crippen LogP contribution >= 0.6 is 0 Å². The van der Waals surface area contributed by atoms with Crippen LogP contribution in [-0.4, -0.2) is 37.5 Å². The van der Waals surface area contributed by atoms with Crippen molar-refractivity contribution >= 4 is 23.6 Å². The molecule has 5 rings (SSSR count). The van der Waals surface area contributed by atoms with Crippen molar-refractivity contribution in [2.45, 2.75) is 25.9 Å². The molecule has 3 heterocycles. The topological polar surface area (TPSA) is 115 Å². The van der Waals surface area contributed by atoms with Crippen molar-refractivity contribution in [2.75, 3.05) is 5.32 Å². The number of benzene rings is 2. The van der Waals surface area contributed by atoms with Gasteiger partial charge in [-0.15, -0.1) is 6.42 Å². The third-order valence-corrected chi connectivity index (χ3v) is 5.84. The van der Waals surface area contributed by atoms with E-state index in [4.69, 9.17) is 10.9 Å². The van der Waals surface area contributed by atoms with Gasteiger partial charge in [0.2, 0.25) is 17.6 Å². The fourth-order valence-electron chi connectivity index (χ4n) is 4.05. The Balaban J connectivity index is 1.32.